The SMILES string of the molecule is CN(C)C(=O)Nc1cnn(CC(=O)NCc2ccc(Cl)cc2)n1. The van der Waals surface area contributed by atoms with Crippen LogP contribution in [0.1, 0.15) is 5.56 Å². The molecule has 0 saturated carbocycles. The highest BCUT2D eigenvalue weighted by atomic mass is 35.5. The van der Waals surface area contributed by atoms with Crippen molar-refractivity contribution in [3.05, 3.63) is 41.0 Å². The van der Waals surface area contributed by atoms with Crippen LogP contribution in [0.2, 0.25) is 5.02 Å². The first-order valence-electron chi connectivity index (χ1n) is 6.83. The molecule has 1 heterocycles. The average molecular weight is 337 g/mol. The maximum atomic E-state index is 11.9. The molecule has 0 aliphatic rings. The number of anilines is 1. The zero-order chi connectivity index (χ0) is 16.8. The Morgan fingerprint density at radius 2 is 1.96 bits per heavy atom. The van der Waals surface area contributed by atoms with Crippen molar-refractivity contribution in [2.24, 2.45) is 0 Å². The van der Waals surface area contributed by atoms with Crippen LogP contribution in [0.3, 0.4) is 0 Å². The van der Waals surface area contributed by atoms with Crippen molar-refractivity contribution in [2.75, 3.05) is 19.4 Å². The fourth-order valence-corrected chi connectivity index (χ4v) is 1.77. The average Bonchev–Trinajstić information content (AvgIpc) is 2.93. The molecule has 23 heavy (non-hydrogen) atoms. The number of rotatable bonds is 5. The van der Waals surface area contributed by atoms with Gasteiger partial charge >= 0.3 is 6.03 Å². The second-order valence-electron chi connectivity index (χ2n) is 4.99. The highest BCUT2D eigenvalue weighted by molar-refractivity contribution is 6.30. The third-order valence-corrected chi connectivity index (χ3v) is 3.12. The second-order valence-corrected chi connectivity index (χ2v) is 5.42. The molecule has 0 fully saturated rings. The van der Waals surface area contributed by atoms with E-state index in [1.165, 1.54) is 15.9 Å². The molecule has 122 valence electrons. The summed E-state index contributed by atoms with van der Waals surface area (Å²) in [6.07, 6.45) is 1.38. The van der Waals surface area contributed by atoms with E-state index in [9.17, 15) is 9.59 Å². The van der Waals surface area contributed by atoms with Crippen LogP contribution in [-0.4, -0.2) is 45.9 Å². The summed E-state index contributed by atoms with van der Waals surface area (Å²) in [6.45, 7) is 0.354. The van der Waals surface area contributed by atoms with Crippen LogP contribution in [0.25, 0.3) is 0 Å². The molecule has 3 amide bonds. The van der Waals surface area contributed by atoms with Crippen LogP contribution >= 0.6 is 11.6 Å². The first kappa shape index (κ1) is 16.8. The topological polar surface area (TPSA) is 92.2 Å². The summed E-state index contributed by atoms with van der Waals surface area (Å²) in [7, 11) is 3.23. The number of halogens is 1. The van der Waals surface area contributed by atoms with Gasteiger partial charge in [-0.05, 0) is 17.7 Å². The van der Waals surface area contributed by atoms with Gasteiger partial charge in [0.25, 0.3) is 0 Å². The number of benzene rings is 1. The molecular formula is C14H17ClN6O2. The highest BCUT2D eigenvalue weighted by Gasteiger charge is 2.09. The maximum Gasteiger partial charge on any atom is 0.322 e. The first-order valence-corrected chi connectivity index (χ1v) is 7.21. The van der Waals surface area contributed by atoms with E-state index < -0.39 is 0 Å². The molecule has 8 nitrogen and oxygen atoms in total. The molecule has 2 aromatic rings. The van der Waals surface area contributed by atoms with Gasteiger partial charge in [0.2, 0.25) is 5.91 Å². The predicted molar refractivity (Wildman–Crippen MR) is 86.0 cm³/mol. The third kappa shape index (κ3) is 5.26. The molecule has 0 spiro atoms. The Hall–Kier alpha value is -2.61. The standard InChI is InChI=1S/C14H17ClN6O2/c1-20(2)14(23)18-12-8-17-21(19-12)9-13(22)16-7-10-3-5-11(15)6-4-10/h3-6,8H,7,9H2,1-2H3,(H,16,22)(H,18,19,23). The fourth-order valence-electron chi connectivity index (χ4n) is 1.64. The molecule has 1 aromatic carbocycles. The predicted octanol–water partition coefficient (Wildman–Crippen LogP) is 1.34. The van der Waals surface area contributed by atoms with Crippen LogP contribution in [0, 0.1) is 0 Å². The summed E-state index contributed by atoms with van der Waals surface area (Å²) in [5, 5.41) is 13.9. The number of carbonyl (C=O) groups excluding carboxylic acids is 2. The van der Waals surface area contributed by atoms with Gasteiger partial charge in [0.15, 0.2) is 5.82 Å². The van der Waals surface area contributed by atoms with E-state index in [0.717, 1.165) is 5.56 Å². The lowest BCUT2D eigenvalue weighted by Crippen LogP contribution is -2.29. The molecule has 2 N–H and O–H groups in total. The number of nitrogens with one attached hydrogen (secondary N) is 2. The minimum absolute atomic E-state index is 0.0363. The van der Waals surface area contributed by atoms with Crippen LogP contribution in [0.15, 0.2) is 30.5 Å². The first-order chi connectivity index (χ1) is 10.9. The largest absolute Gasteiger partial charge is 0.350 e. The van der Waals surface area contributed by atoms with Gasteiger partial charge in [-0.1, -0.05) is 23.7 Å². The molecule has 2 rings (SSSR count). The Labute approximate surface area is 138 Å². The van der Waals surface area contributed by atoms with Crippen molar-refractivity contribution in [3.63, 3.8) is 0 Å². The number of urea groups is 1. The number of amides is 3. The highest BCUT2D eigenvalue weighted by Crippen LogP contribution is 2.09. The lowest BCUT2D eigenvalue weighted by atomic mass is 10.2. The lowest BCUT2D eigenvalue weighted by molar-refractivity contribution is -0.122. The molecule has 0 radical (unpaired) electrons. The minimum Gasteiger partial charge on any atom is -0.350 e. The summed E-state index contributed by atoms with van der Waals surface area (Å²) >= 11 is 5.80. The smallest absolute Gasteiger partial charge is 0.322 e. The quantitative estimate of drug-likeness (QED) is 0.861. The molecule has 0 aliphatic heterocycles. The van der Waals surface area contributed by atoms with E-state index in [-0.39, 0.29) is 24.3 Å². The molecule has 1 aromatic heterocycles. The van der Waals surface area contributed by atoms with Gasteiger partial charge in [0.1, 0.15) is 6.54 Å². The summed E-state index contributed by atoms with van der Waals surface area (Å²) in [6, 6.07) is 6.88. The Morgan fingerprint density at radius 1 is 1.26 bits per heavy atom. The van der Waals surface area contributed by atoms with Crippen molar-refractivity contribution in [1.29, 1.82) is 0 Å². The fraction of sp³-hybridized carbons (Fsp3) is 0.286. The van der Waals surface area contributed by atoms with Crippen molar-refractivity contribution < 1.29 is 9.59 Å². The van der Waals surface area contributed by atoms with Gasteiger partial charge < -0.3 is 10.2 Å². The van der Waals surface area contributed by atoms with Crippen molar-refractivity contribution >= 4 is 29.4 Å². The number of hydrogen-bond acceptors (Lipinski definition) is 4. The van der Waals surface area contributed by atoms with Gasteiger partial charge in [0, 0.05) is 25.7 Å². The number of hydrogen-bond donors (Lipinski definition) is 2. The summed E-state index contributed by atoms with van der Waals surface area (Å²) in [4.78, 5) is 25.9. The molecule has 0 bridgehead atoms. The van der Waals surface area contributed by atoms with Crippen molar-refractivity contribution in [2.45, 2.75) is 13.1 Å². The Bertz CT molecular complexity index is 683. The zero-order valence-corrected chi connectivity index (χ0v) is 13.5. The molecular weight excluding hydrogens is 320 g/mol. The molecule has 0 atom stereocenters. The van der Waals surface area contributed by atoms with E-state index in [0.29, 0.717) is 11.6 Å². The van der Waals surface area contributed by atoms with Crippen LogP contribution in [0.5, 0.6) is 0 Å². The van der Waals surface area contributed by atoms with Crippen LogP contribution in [-0.2, 0) is 17.9 Å². The molecule has 9 heteroatoms. The van der Waals surface area contributed by atoms with Gasteiger partial charge in [-0.15, -0.1) is 5.10 Å². The van der Waals surface area contributed by atoms with Gasteiger partial charge in [-0.3, -0.25) is 10.1 Å². The third-order valence-electron chi connectivity index (χ3n) is 2.87. The van der Waals surface area contributed by atoms with E-state index in [1.54, 1.807) is 26.2 Å². The monoisotopic (exact) mass is 336 g/mol. The lowest BCUT2D eigenvalue weighted by Gasteiger charge is -2.09. The Kier molecular flexibility index (Phi) is 5.53. The number of carbonyl (C=O) groups is 2. The van der Waals surface area contributed by atoms with Gasteiger partial charge in [0.05, 0.1) is 6.20 Å². The molecule has 0 saturated heterocycles. The Balaban J connectivity index is 1.82. The molecule has 0 aliphatic carbocycles. The normalized spacial score (nSPS) is 10.2. The maximum absolute atomic E-state index is 11.9. The van der Waals surface area contributed by atoms with E-state index >= 15 is 0 Å². The number of aromatic nitrogens is 3. The van der Waals surface area contributed by atoms with Gasteiger partial charge in [-0.25, -0.2) is 4.79 Å². The van der Waals surface area contributed by atoms with Crippen molar-refractivity contribution in [1.82, 2.24) is 25.2 Å². The number of nitrogens with zero attached hydrogens (tertiary/aromatic N) is 4. The summed E-state index contributed by atoms with van der Waals surface area (Å²) in [5.41, 5.74) is 0.940. The Morgan fingerprint density at radius 3 is 2.61 bits per heavy atom. The van der Waals surface area contributed by atoms with Gasteiger partial charge in [-0.2, -0.15) is 9.90 Å². The summed E-state index contributed by atoms with van der Waals surface area (Å²) in [5.74, 6) is 0.0511. The van der Waals surface area contributed by atoms with E-state index in [4.69, 9.17) is 11.6 Å². The van der Waals surface area contributed by atoms with Crippen LogP contribution in [0.4, 0.5) is 10.6 Å². The second kappa shape index (κ2) is 7.59. The van der Waals surface area contributed by atoms with Crippen molar-refractivity contribution in [3.8, 4) is 0 Å². The zero-order valence-electron chi connectivity index (χ0n) is 12.8. The van der Waals surface area contributed by atoms with E-state index in [2.05, 4.69) is 20.8 Å². The van der Waals surface area contributed by atoms with E-state index in [1.807, 2.05) is 12.1 Å². The minimum atomic E-state index is -0.316. The van der Waals surface area contributed by atoms with Crippen LogP contribution < -0.4 is 10.6 Å². The summed E-state index contributed by atoms with van der Waals surface area (Å²) < 4.78 is 0. The molecule has 0 unspecified atom stereocenters.